The number of carboxylic acids is 1. The molecule has 0 aliphatic carbocycles. The Morgan fingerprint density at radius 1 is 1.20 bits per heavy atom. The van der Waals surface area contributed by atoms with Gasteiger partial charge in [0, 0.05) is 0 Å². The van der Waals surface area contributed by atoms with E-state index in [0.717, 1.165) is 5.56 Å². The third-order valence-corrected chi connectivity index (χ3v) is 2.95. The second kappa shape index (κ2) is 6.56. The van der Waals surface area contributed by atoms with E-state index in [4.69, 9.17) is 9.52 Å². The van der Waals surface area contributed by atoms with Crippen molar-refractivity contribution in [1.82, 2.24) is 5.32 Å². The average molecular weight is 273 g/mol. The molecule has 2 aromatic rings. The number of furan rings is 1. The van der Waals surface area contributed by atoms with Crippen LogP contribution in [0.1, 0.15) is 22.3 Å². The van der Waals surface area contributed by atoms with Crippen LogP contribution in [-0.2, 0) is 11.2 Å². The molecular weight excluding hydrogens is 258 g/mol. The normalized spacial score (nSPS) is 11.8. The summed E-state index contributed by atoms with van der Waals surface area (Å²) in [6.07, 6.45) is 3.58. The monoisotopic (exact) mass is 273 g/mol. The summed E-state index contributed by atoms with van der Waals surface area (Å²) in [5.41, 5.74) is 1.35. The third-order valence-electron chi connectivity index (χ3n) is 2.95. The van der Waals surface area contributed by atoms with E-state index in [2.05, 4.69) is 5.32 Å². The van der Waals surface area contributed by atoms with Gasteiger partial charge in [-0.1, -0.05) is 30.3 Å². The van der Waals surface area contributed by atoms with Gasteiger partial charge in [0.15, 0.2) is 0 Å². The molecular formula is C15H15NO4. The van der Waals surface area contributed by atoms with Crippen LogP contribution in [0.3, 0.4) is 0 Å². The van der Waals surface area contributed by atoms with E-state index in [0.29, 0.717) is 18.4 Å². The van der Waals surface area contributed by atoms with Crippen LogP contribution in [0, 0.1) is 0 Å². The maximum atomic E-state index is 11.8. The van der Waals surface area contributed by atoms with Gasteiger partial charge in [0.2, 0.25) is 0 Å². The van der Waals surface area contributed by atoms with Crippen LogP contribution < -0.4 is 5.32 Å². The van der Waals surface area contributed by atoms with Crippen LogP contribution >= 0.6 is 0 Å². The van der Waals surface area contributed by atoms with Crippen molar-refractivity contribution in [3.63, 3.8) is 0 Å². The van der Waals surface area contributed by atoms with Gasteiger partial charge in [-0.25, -0.2) is 4.79 Å². The molecule has 1 atom stereocenters. The Morgan fingerprint density at radius 3 is 2.55 bits per heavy atom. The van der Waals surface area contributed by atoms with E-state index in [1.807, 2.05) is 30.3 Å². The molecule has 0 aliphatic heterocycles. The van der Waals surface area contributed by atoms with E-state index in [9.17, 15) is 9.59 Å². The van der Waals surface area contributed by atoms with Crippen molar-refractivity contribution in [1.29, 1.82) is 0 Å². The molecule has 1 aromatic heterocycles. The predicted molar refractivity (Wildman–Crippen MR) is 72.4 cm³/mol. The van der Waals surface area contributed by atoms with Gasteiger partial charge in [-0.15, -0.1) is 0 Å². The summed E-state index contributed by atoms with van der Waals surface area (Å²) in [5, 5.41) is 11.7. The first kappa shape index (κ1) is 13.9. The lowest BCUT2D eigenvalue weighted by Gasteiger charge is -2.13. The lowest BCUT2D eigenvalue weighted by atomic mass is 10.1. The van der Waals surface area contributed by atoms with Crippen LogP contribution in [0.15, 0.2) is 53.3 Å². The van der Waals surface area contributed by atoms with Crippen LogP contribution in [-0.4, -0.2) is 23.0 Å². The number of carboxylic acid groups (broad SMARTS) is 1. The zero-order valence-electron chi connectivity index (χ0n) is 10.8. The molecule has 0 saturated carbocycles. The molecule has 0 radical (unpaired) electrons. The minimum atomic E-state index is -1.04. The van der Waals surface area contributed by atoms with Gasteiger partial charge >= 0.3 is 5.97 Å². The number of benzene rings is 1. The summed E-state index contributed by atoms with van der Waals surface area (Å²) in [4.78, 5) is 23.0. The fraction of sp³-hybridized carbons (Fsp3) is 0.200. The summed E-state index contributed by atoms with van der Waals surface area (Å²) in [6, 6.07) is 10.1. The quantitative estimate of drug-likeness (QED) is 0.844. The van der Waals surface area contributed by atoms with Gasteiger partial charge in [0.05, 0.1) is 11.8 Å². The fourth-order valence-electron chi connectivity index (χ4n) is 1.85. The largest absolute Gasteiger partial charge is 0.480 e. The van der Waals surface area contributed by atoms with Gasteiger partial charge in [-0.05, 0) is 24.5 Å². The predicted octanol–water partition coefficient (Wildman–Crippen LogP) is 2.10. The fourth-order valence-corrected chi connectivity index (χ4v) is 1.85. The zero-order valence-corrected chi connectivity index (χ0v) is 10.8. The first-order chi connectivity index (χ1) is 9.66. The Kier molecular flexibility index (Phi) is 4.55. The Balaban J connectivity index is 1.94. The Bertz CT molecular complexity index is 563. The van der Waals surface area contributed by atoms with Crippen molar-refractivity contribution >= 4 is 11.9 Å². The number of amides is 1. The van der Waals surface area contributed by atoms with Crippen LogP contribution in [0.25, 0.3) is 0 Å². The molecule has 104 valence electrons. The molecule has 1 aromatic carbocycles. The molecule has 0 bridgehead atoms. The zero-order chi connectivity index (χ0) is 14.4. The van der Waals surface area contributed by atoms with E-state index >= 15 is 0 Å². The third kappa shape index (κ3) is 3.71. The van der Waals surface area contributed by atoms with Gasteiger partial charge in [-0.3, -0.25) is 4.79 Å². The van der Waals surface area contributed by atoms with Crippen molar-refractivity contribution in [2.45, 2.75) is 18.9 Å². The van der Waals surface area contributed by atoms with E-state index in [-0.39, 0.29) is 0 Å². The molecule has 0 aliphatic rings. The summed E-state index contributed by atoms with van der Waals surface area (Å²) < 4.78 is 4.80. The molecule has 20 heavy (non-hydrogen) atoms. The van der Waals surface area contributed by atoms with E-state index < -0.39 is 17.9 Å². The second-order valence-corrected chi connectivity index (χ2v) is 4.40. The maximum absolute atomic E-state index is 11.8. The Labute approximate surface area is 116 Å². The van der Waals surface area contributed by atoms with Gasteiger partial charge in [0.1, 0.15) is 12.3 Å². The summed E-state index contributed by atoms with van der Waals surface area (Å²) in [5.74, 6) is -1.49. The molecule has 5 nitrogen and oxygen atoms in total. The molecule has 1 amide bonds. The number of aryl methyl sites for hydroxylation is 1. The van der Waals surface area contributed by atoms with Crippen molar-refractivity contribution < 1.29 is 19.1 Å². The highest BCUT2D eigenvalue weighted by Gasteiger charge is 2.20. The summed E-state index contributed by atoms with van der Waals surface area (Å²) >= 11 is 0. The number of hydrogen-bond acceptors (Lipinski definition) is 3. The Hall–Kier alpha value is -2.56. The summed E-state index contributed by atoms with van der Waals surface area (Å²) in [7, 11) is 0. The molecule has 0 unspecified atom stereocenters. The molecule has 0 saturated heterocycles. The number of rotatable bonds is 6. The number of hydrogen-bond donors (Lipinski definition) is 2. The van der Waals surface area contributed by atoms with Crippen molar-refractivity contribution in [3.05, 3.63) is 60.1 Å². The van der Waals surface area contributed by atoms with Gasteiger partial charge in [-0.2, -0.15) is 0 Å². The molecule has 1 heterocycles. The molecule has 5 heteroatoms. The number of carbonyl (C=O) groups is 2. The molecule has 0 fully saturated rings. The Morgan fingerprint density at radius 2 is 1.95 bits per heavy atom. The average Bonchev–Trinajstić information content (AvgIpc) is 2.98. The number of nitrogens with one attached hydrogen (secondary N) is 1. The van der Waals surface area contributed by atoms with Crippen LogP contribution in [0.4, 0.5) is 0 Å². The van der Waals surface area contributed by atoms with Crippen LogP contribution in [0.5, 0.6) is 0 Å². The van der Waals surface area contributed by atoms with Crippen molar-refractivity contribution in [2.24, 2.45) is 0 Å². The highest BCUT2D eigenvalue weighted by Crippen LogP contribution is 2.07. The minimum absolute atomic E-state index is 0.316. The smallest absolute Gasteiger partial charge is 0.326 e. The number of aliphatic carboxylic acids is 1. The highest BCUT2D eigenvalue weighted by molar-refractivity contribution is 5.96. The topological polar surface area (TPSA) is 79.5 Å². The number of carbonyl (C=O) groups excluding carboxylic acids is 1. The van der Waals surface area contributed by atoms with E-state index in [1.54, 1.807) is 0 Å². The summed E-state index contributed by atoms with van der Waals surface area (Å²) in [6.45, 7) is 0. The maximum Gasteiger partial charge on any atom is 0.326 e. The van der Waals surface area contributed by atoms with Gasteiger partial charge in [0.25, 0.3) is 5.91 Å². The standard InChI is InChI=1S/C15H15NO4/c17-14(12-8-9-20-10-12)16-13(15(18)19)7-6-11-4-2-1-3-5-11/h1-5,8-10,13H,6-7H2,(H,16,17)(H,18,19)/t13-/m0/s1. The lowest BCUT2D eigenvalue weighted by molar-refractivity contribution is -0.139. The molecule has 0 spiro atoms. The first-order valence-electron chi connectivity index (χ1n) is 6.26. The SMILES string of the molecule is O=C(N[C@@H](CCc1ccccc1)C(=O)O)c1ccoc1. The van der Waals surface area contributed by atoms with Crippen molar-refractivity contribution in [2.75, 3.05) is 0 Å². The second-order valence-electron chi connectivity index (χ2n) is 4.40. The first-order valence-corrected chi connectivity index (χ1v) is 6.26. The lowest BCUT2D eigenvalue weighted by Crippen LogP contribution is -2.41. The van der Waals surface area contributed by atoms with Crippen molar-refractivity contribution in [3.8, 4) is 0 Å². The molecule has 2 rings (SSSR count). The minimum Gasteiger partial charge on any atom is -0.480 e. The van der Waals surface area contributed by atoms with E-state index in [1.165, 1.54) is 18.6 Å². The molecule has 2 N–H and O–H groups in total. The van der Waals surface area contributed by atoms with Crippen LogP contribution in [0.2, 0.25) is 0 Å². The van der Waals surface area contributed by atoms with Gasteiger partial charge < -0.3 is 14.8 Å². The highest BCUT2D eigenvalue weighted by atomic mass is 16.4.